The maximum absolute atomic E-state index is 13.1. The number of nitrogens with one attached hydrogen (secondary N) is 1. The fourth-order valence-electron chi connectivity index (χ4n) is 3.90. The normalized spacial score (nSPS) is 13.7. The topological polar surface area (TPSA) is 92.1 Å². The predicted octanol–water partition coefficient (Wildman–Crippen LogP) is 3.07. The van der Waals surface area contributed by atoms with E-state index in [2.05, 4.69) is 30.5 Å². The molecule has 166 valence electrons. The van der Waals surface area contributed by atoms with Crippen molar-refractivity contribution in [2.45, 2.75) is 6.92 Å². The Kier molecular flexibility index (Phi) is 5.67. The van der Waals surface area contributed by atoms with Gasteiger partial charge in [-0.15, -0.1) is 10.2 Å². The number of hydrogen-bond donors (Lipinski definition) is 1. The van der Waals surface area contributed by atoms with Crippen LogP contribution in [-0.2, 0) is 0 Å². The van der Waals surface area contributed by atoms with Crippen LogP contribution in [-0.4, -0.2) is 61.9 Å². The van der Waals surface area contributed by atoms with E-state index in [-0.39, 0.29) is 5.91 Å². The van der Waals surface area contributed by atoms with Crippen LogP contribution in [0.4, 0.5) is 17.3 Å². The zero-order chi connectivity index (χ0) is 22.6. The number of hydrogen-bond acceptors (Lipinski definition) is 7. The summed E-state index contributed by atoms with van der Waals surface area (Å²) >= 11 is 0. The van der Waals surface area contributed by atoms with E-state index in [0.29, 0.717) is 37.6 Å². The average Bonchev–Trinajstić information content (AvgIpc) is 3.26. The van der Waals surface area contributed by atoms with Crippen LogP contribution in [0.3, 0.4) is 0 Å². The van der Waals surface area contributed by atoms with Crippen LogP contribution in [0, 0.1) is 6.92 Å². The van der Waals surface area contributed by atoms with Crippen LogP contribution in [0.5, 0.6) is 0 Å². The molecule has 4 aromatic rings. The highest BCUT2D eigenvalue weighted by Gasteiger charge is 2.25. The van der Waals surface area contributed by atoms with Gasteiger partial charge in [-0.3, -0.25) is 9.78 Å². The van der Waals surface area contributed by atoms with Gasteiger partial charge < -0.3 is 15.1 Å². The van der Waals surface area contributed by atoms with Crippen molar-refractivity contribution in [3.05, 3.63) is 84.4 Å². The number of amides is 1. The van der Waals surface area contributed by atoms with Gasteiger partial charge in [-0.2, -0.15) is 5.10 Å². The highest BCUT2D eigenvalue weighted by molar-refractivity contribution is 5.95. The van der Waals surface area contributed by atoms with E-state index in [1.807, 2.05) is 66.4 Å². The zero-order valence-electron chi connectivity index (χ0n) is 18.3. The number of nitrogens with zero attached hydrogens (tertiary/aromatic N) is 7. The summed E-state index contributed by atoms with van der Waals surface area (Å²) in [5.41, 5.74) is 3.28. The Morgan fingerprint density at radius 3 is 2.42 bits per heavy atom. The van der Waals surface area contributed by atoms with Crippen LogP contribution in [0.2, 0.25) is 0 Å². The van der Waals surface area contributed by atoms with E-state index in [9.17, 15) is 4.79 Å². The van der Waals surface area contributed by atoms with Crippen LogP contribution in [0.15, 0.2) is 73.2 Å². The first-order valence-electron chi connectivity index (χ1n) is 10.8. The molecule has 3 aromatic heterocycles. The fraction of sp³-hybridized carbons (Fsp3) is 0.208. The number of rotatable bonds is 5. The number of benzene rings is 1. The van der Waals surface area contributed by atoms with E-state index in [0.717, 1.165) is 22.9 Å². The SMILES string of the molecule is Cc1c(C(=O)N2CCN(c3ccc(Nc4cccnc4)nn3)CC2)cnn1-c1ccccc1. The van der Waals surface area contributed by atoms with Crippen molar-refractivity contribution < 1.29 is 4.79 Å². The summed E-state index contributed by atoms with van der Waals surface area (Å²) in [7, 11) is 0. The monoisotopic (exact) mass is 440 g/mol. The fourth-order valence-corrected chi connectivity index (χ4v) is 3.90. The quantitative estimate of drug-likeness (QED) is 0.510. The van der Waals surface area contributed by atoms with E-state index in [1.165, 1.54) is 0 Å². The summed E-state index contributed by atoms with van der Waals surface area (Å²) in [6.45, 7) is 4.56. The third-order valence-corrected chi connectivity index (χ3v) is 5.72. The molecule has 1 saturated heterocycles. The summed E-state index contributed by atoms with van der Waals surface area (Å²) in [5.74, 6) is 1.47. The molecule has 0 saturated carbocycles. The van der Waals surface area contributed by atoms with Gasteiger partial charge in [-0.1, -0.05) is 18.2 Å². The second kappa shape index (κ2) is 9.07. The molecule has 33 heavy (non-hydrogen) atoms. The van der Waals surface area contributed by atoms with Gasteiger partial charge in [0.15, 0.2) is 11.6 Å². The second-order valence-corrected chi connectivity index (χ2v) is 7.81. The Labute approximate surface area is 191 Å². The average molecular weight is 441 g/mol. The molecule has 5 rings (SSSR count). The van der Waals surface area contributed by atoms with Gasteiger partial charge >= 0.3 is 0 Å². The molecule has 0 spiro atoms. The number of aromatic nitrogens is 5. The molecule has 0 unspecified atom stereocenters. The predicted molar refractivity (Wildman–Crippen MR) is 126 cm³/mol. The highest BCUT2D eigenvalue weighted by Crippen LogP contribution is 2.20. The van der Waals surface area contributed by atoms with Crippen molar-refractivity contribution in [2.24, 2.45) is 0 Å². The summed E-state index contributed by atoms with van der Waals surface area (Å²) < 4.78 is 1.81. The molecule has 1 fully saturated rings. The second-order valence-electron chi connectivity index (χ2n) is 7.81. The first-order chi connectivity index (χ1) is 16.2. The number of carbonyl (C=O) groups is 1. The lowest BCUT2D eigenvalue weighted by molar-refractivity contribution is 0.0745. The molecule has 0 radical (unpaired) electrons. The largest absolute Gasteiger partial charge is 0.352 e. The van der Waals surface area contributed by atoms with Gasteiger partial charge in [0.25, 0.3) is 5.91 Å². The van der Waals surface area contributed by atoms with E-state index >= 15 is 0 Å². The molecule has 4 heterocycles. The summed E-state index contributed by atoms with van der Waals surface area (Å²) in [6.07, 6.45) is 5.12. The number of anilines is 3. The van der Waals surface area contributed by atoms with E-state index in [1.54, 1.807) is 23.3 Å². The summed E-state index contributed by atoms with van der Waals surface area (Å²) in [6, 6.07) is 17.5. The van der Waals surface area contributed by atoms with Gasteiger partial charge in [-0.25, -0.2) is 4.68 Å². The molecule has 9 nitrogen and oxygen atoms in total. The molecular formula is C24H24N8O. The van der Waals surface area contributed by atoms with Crippen molar-refractivity contribution in [1.29, 1.82) is 0 Å². The number of para-hydroxylation sites is 1. The lowest BCUT2D eigenvalue weighted by Gasteiger charge is -2.35. The minimum atomic E-state index is 0.0106. The van der Waals surface area contributed by atoms with Crippen molar-refractivity contribution in [1.82, 2.24) is 29.9 Å². The minimum Gasteiger partial charge on any atom is -0.352 e. The molecule has 1 aliphatic rings. The standard InChI is InChI=1S/C24H24N8O/c1-18-21(17-26-32(18)20-7-3-2-4-8-20)24(33)31-14-12-30(13-15-31)23-10-9-22(28-29-23)27-19-6-5-11-25-16-19/h2-11,16-17H,12-15H2,1H3,(H,27,28). The van der Waals surface area contributed by atoms with Gasteiger partial charge in [0.2, 0.25) is 0 Å². The van der Waals surface area contributed by atoms with E-state index in [4.69, 9.17) is 0 Å². The molecule has 0 aliphatic carbocycles. The number of carbonyl (C=O) groups excluding carboxylic acids is 1. The van der Waals surface area contributed by atoms with Crippen LogP contribution >= 0.6 is 0 Å². The van der Waals surface area contributed by atoms with Gasteiger partial charge in [-0.05, 0) is 43.3 Å². The van der Waals surface area contributed by atoms with Crippen molar-refractivity contribution >= 4 is 23.2 Å². The lowest BCUT2D eigenvalue weighted by Crippen LogP contribution is -2.49. The number of piperazine rings is 1. The van der Waals surface area contributed by atoms with E-state index < -0.39 is 0 Å². The molecule has 0 atom stereocenters. The first kappa shape index (κ1) is 20.6. The molecule has 1 aromatic carbocycles. The molecule has 9 heteroatoms. The Hall–Kier alpha value is -4.27. The number of pyridine rings is 1. The van der Waals surface area contributed by atoms with Crippen LogP contribution < -0.4 is 10.2 Å². The minimum absolute atomic E-state index is 0.0106. The van der Waals surface area contributed by atoms with Gasteiger partial charge in [0, 0.05) is 32.4 Å². The lowest BCUT2D eigenvalue weighted by atomic mass is 10.2. The summed E-state index contributed by atoms with van der Waals surface area (Å²) in [5, 5.41) is 16.2. The Bertz CT molecular complexity index is 1220. The molecule has 1 N–H and O–H groups in total. The van der Waals surface area contributed by atoms with Gasteiger partial charge in [0.05, 0.1) is 35.0 Å². The van der Waals surface area contributed by atoms with Crippen molar-refractivity contribution in [3.8, 4) is 5.69 Å². The third kappa shape index (κ3) is 4.38. The van der Waals surface area contributed by atoms with Crippen molar-refractivity contribution in [3.63, 3.8) is 0 Å². The highest BCUT2D eigenvalue weighted by atomic mass is 16.2. The maximum atomic E-state index is 13.1. The molecule has 1 amide bonds. The maximum Gasteiger partial charge on any atom is 0.257 e. The van der Waals surface area contributed by atoms with Crippen LogP contribution in [0.1, 0.15) is 16.1 Å². The third-order valence-electron chi connectivity index (χ3n) is 5.72. The van der Waals surface area contributed by atoms with Crippen molar-refractivity contribution in [2.75, 3.05) is 36.4 Å². The Morgan fingerprint density at radius 1 is 0.909 bits per heavy atom. The Balaban J connectivity index is 1.21. The zero-order valence-corrected chi connectivity index (χ0v) is 18.3. The molecular weight excluding hydrogens is 416 g/mol. The smallest absolute Gasteiger partial charge is 0.257 e. The molecule has 1 aliphatic heterocycles. The first-order valence-corrected chi connectivity index (χ1v) is 10.8. The van der Waals surface area contributed by atoms with Gasteiger partial charge in [0.1, 0.15) is 0 Å². The Morgan fingerprint density at radius 2 is 1.73 bits per heavy atom. The summed E-state index contributed by atoms with van der Waals surface area (Å²) in [4.78, 5) is 21.2. The molecule has 0 bridgehead atoms. The van der Waals surface area contributed by atoms with Crippen LogP contribution in [0.25, 0.3) is 5.69 Å².